The van der Waals surface area contributed by atoms with Crippen molar-refractivity contribution < 1.29 is 17.6 Å². The summed E-state index contributed by atoms with van der Waals surface area (Å²) < 4.78 is 50.0. The second-order valence-corrected chi connectivity index (χ2v) is 4.96. The average Bonchev–Trinajstić information content (AvgIpc) is 2.14. The summed E-state index contributed by atoms with van der Waals surface area (Å²) in [5.74, 6) is -0.574. The SMILES string of the molecule is Fc1cccc(SC(F)(F)F)c1CCCBr. The fourth-order valence-electron chi connectivity index (χ4n) is 1.25. The molecule has 0 aliphatic rings. The lowest BCUT2D eigenvalue weighted by atomic mass is 10.1. The summed E-state index contributed by atoms with van der Waals surface area (Å²) in [6, 6.07) is 3.77. The topological polar surface area (TPSA) is 0 Å². The minimum Gasteiger partial charge on any atom is -0.207 e. The molecule has 0 N–H and O–H groups in total. The molecule has 0 radical (unpaired) electrons. The van der Waals surface area contributed by atoms with Crippen molar-refractivity contribution in [2.24, 2.45) is 0 Å². The maximum atomic E-state index is 13.4. The lowest BCUT2D eigenvalue weighted by molar-refractivity contribution is -0.0328. The number of alkyl halides is 4. The van der Waals surface area contributed by atoms with E-state index in [1.807, 2.05) is 0 Å². The van der Waals surface area contributed by atoms with Crippen LogP contribution in [0.15, 0.2) is 23.1 Å². The molecule has 0 saturated carbocycles. The Morgan fingerprint density at radius 3 is 2.50 bits per heavy atom. The molecule has 0 amide bonds. The van der Waals surface area contributed by atoms with E-state index in [1.54, 1.807) is 0 Å². The second-order valence-electron chi connectivity index (χ2n) is 3.06. The predicted molar refractivity (Wildman–Crippen MR) is 60.4 cm³/mol. The van der Waals surface area contributed by atoms with Crippen molar-refractivity contribution in [3.63, 3.8) is 0 Å². The van der Waals surface area contributed by atoms with Crippen LogP contribution in [0, 0.1) is 5.82 Å². The molecule has 0 fully saturated rings. The first kappa shape index (κ1) is 13.8. The molecule has 1 rings (SSSR count). The van der Waals surface area contributed by atoms with Crippen molar-refractivity contribution in [1.82, 2.24) is 0 Å². The van der Waals surface area contributed by atoms with E-state index in [9.17, 15) is 17.6 Å². The zero-order valence-corrected chi connectivity index (χ0v) is 10.6. The van der Waals surface area contributed by atoms with Crippen LogP contribution in [-0.4, -0.2) is 10.8 Å². The van der Waals surface area contributed by atoms with E-state index < -0.39 is 11.3 Å². The zero-order valence-electron chi connectivity index (χ0n) is 8.15. The Morgan fingerprint density at radius 1 is 1.25 bits per heavy atom. The number of halogens is 5. The summed E-state index contributed by atoms with van der Waals surface area (Å²) in [7, 11) is 0. The van der Waals surface area contributed by atoms with Crippen LogP contribution in [0.3, 0.4) is 0 Å². The van der Waals surface area contributed by atoms with Gasteiger partial charge in [-0.1, -0.05) is 22.0 Å². The van der Waals surface area contributed by atoms with Crippen LogP contribution in [0.2, 0.25) is 0 Å². The number of hydrogen-bond acceptors (Lipinski definition) is 1. The molecule has 0 nitrogen and oxygen atoms in total. The molecule has 0 unspecified atom stereocenters. The molecule has 0 atom stereocenters. The molecular formula is C10H9BrF4S. The van der Waals surface area contributed by atoms with Gasteiger partial charge in [0.25, 0.3) is 0 Å². The monoisotopic (exact) mass is 316 g/mol. The quantitative estimate of drug-likeness (QED) is 0.438. The van der Waals surface area contributed by atoms with Crippen LogP contribution in [0.4, 0.5) is 17.6 Å². The molecule has 6 heteroatoms. The standard InChI is InChI=1S/C10H9BrF4S/c11-6-2-3-7-8(12)4-1-5-9(7)16-10(13,14)15/h1,4-5H,2-3,6H2. The zero-order chi connectivity index (χ0) is 12.2. The van der Waals surface area contributed by atoms with Gasteiger partial charge in [0.2, 0.25) is 0 Å². The third-order valence-corrected chi connectivity index (χ3v) is 3.26. The molecular weight excluding hydrogens is 308 g/mol. The summed E-state index contributed by atoms with van der Waals surface area (Å²) >= 11 is 2.90. The average molecular weight is 317 g/mol. The summed E-state index contributed by atoms with van der Waals surface area (Å²) in [6.07, 6.45) is 0.905. The van der Waals surface area contributed by atoms with E-state index in [1.165, 1.54) is 18.2 Å². The molecule has 1 aromatic rings. The lowest BCUT2D eigenvalue weighted by Crippen LogP contribution is -2.03. The van der Waals surface area contributed by atoms with Crippen LogP contribution < -0.4 is 0 Å². The van der Waals surface area contributed by atoms with Crippen LogP contribution in [0.1, 0.15) is 12.0 Å². The minimum absolute atomic E-state index is 0.0477. The van der Waals surface area contributed by atoms with Crippen molar-refractivity contribution in [3.05, 3.63) is 29.6 Å². The highest BCUT2D eigenvalue weighted by molar-refractivity contribution is 9.09. The van der Waals surface area contributed by atoms with Gasteiger partial charge in [0.05, 0.1) is 0 Å². The first-order chi connectivity index (χ1) is 7.44. The number of benzene rings is 1. The summed E-state index contributed by atoms with van der Waals surface area (Å²) in [4.78, 5) is -0.0477. The third kappa shape index (κ3) is 4.33. The smallest absolute Gasteiger partial charge is 0.207 e. The van der Waals surface area contributed by atoms with Crippen LogP contribution in [0.25, 0.3) is 0 Å². The van der Waals surface area contributed by atoms with Gasteiger partial charge in [0, 0.05) is 15.8 Å². The highest BCUT2D eigenvalue weighted by Crippen LogP contribution is 2.39. The number of thioether (sulfide) groups is 1. The summed E-state index contributed by atoms with van der Waals surface area (Å²) in [5, 5.41) is 0.636. The van der Waals surface area contributed by atoms with Crippen molar-refractivity contribution in [2.45, 2.75) is 23.2 Å². The highest BCUT2D eigenvalue weighted by Gasteiger charge is 2.30. The van der Waals surface area contributed by atoms with E-state index in [4.69, 9.17) is 0 Å². The predicted octanol–water partition coefficient (Wildman–Crippen LogP) is 4.77. The Balaban J connectivity index is 2.93. The molecule has 0 aliphatic heterocycles. The maximum absolute atomic E-state index is 13.4. The summed E-state index contributed by atoms with van der Waals surface area (Å²) in [5.41, 5.74) is -4.24. The Bertz CT molecular complexity index is 351. The van der Waals surface area contributed by atoms with Gasteiger partial charge in [0.15, 0.2) is 0 Å². The van der Waals surface area contributed by atoms with Gasteiger partial charge >= 0.3 is 5.51 Å². The van der Waals surface area contributed by atoms with Gasteiger partial charge in [-0.05, 0) is 36.7 Å². The molecule has 1 aromatic carbocycles. The van der Waals surface area contributed by atoms with E-state index in [0.717, 1.165) is 0 Å². The second kappa shape index (κ2) is 5.91. The lowest BCUT2D eigenvalue weighted by Gasteiger charge is -2.11. The fraction of sp³-hybridized carbons (Fsp3) is 0.400. The van der Waals surface area contributed by atoms with E-state index in [-0.39, 0.29) is 22.2 Å². The van der Waals surface area contributed by atoms with Gasteiger partial charge in [-0.2, -0.15) is 13.2 Å². The largest absolute Gasteiger partial charge is 0.446 e. The van der Waals surface area contributed by atoms with Gasteiger partial charge in [-0.25, -0.2) is 4.39 Å². The minimum atomic E-state index is -4.38. The van der Waals surface area contributed by atoms with Crippen molar-refractivity contribution in [2.75, 3.05) is 5.33 Å². The van der Waals surface area contributed by atoms with Gasteiger partial charge in [0.1, 0.15) is 5.82 Å². The van der Waals surface area contributed by atoms with Crippen molar-refractivity contribution in [3.8, 4) is 0 Å². The highest BCUT2D eigenvalue weighted by atomic mass is 79.9. The molecule has 16 heavy (non-hydrogen) atoms. The fourth-order valence-corrected chi connectivity index (χ4v) is 2.24. The molecule has 0 aliphatic carbocycles. The van der Waals surface area contributed by atoms with Crippen LogP contribution in [0.5, 0.6) is 0 Å². The van der Waals surface area contributed by atoms with Gasteiger partial charge in [-0.15, -0.1) is 0 Å². The normalized spacial score (nSPS) is 11.8. The van der Waals surface area contributed by atoms with E-state index in [2.05, 4.69) is 15.9 Å². The Kier molecular flexibility index (Phi) is 5.11. The van der Waals surface area contributed by atoms with Gasteiger partial charge in [-0.3, -0.25) is 0 Å². The first-order valence-corrected chi connectivity index (χ1v) is 6.47. The number of rotatable bonds is 4. The molecule has 0 aromatic heterocycles. The molecule has 0 saturated heterocycles. The van der Waals surface area contributed by atoms with Crippen LogP contribution >= 0.6 is 27.7 Å². The van der Waals surface area contributed by atoms with Crippen molar-refractivity contribution >= 4 is 27.7 Å². The summed E-state index contributed by atoms with van der Waals surface area (Å²) in [6.45, 7) is 0. The van der Waals surface area contributed by atoms with E-state index >= 15 is 0 Å². The molecule has 0 heterocycles. The molecule has 0 spiro atoms. The Morgan fingerprint density at radius 2 is 1.94 bits per heavy atom. The molecule has 90 valence electrons. The van der Waals surface area contributed by atoms with Crippen LogP contribution in [-0.2, 0) is 6.42 Å². The van der Waals surface area contributed by atoms with Gasteiger partial charge < -0.3 is 0 Å². The third-order valence-electron chi connectivity index (χ3n) is 1.86. The first-order valence-electron chi connectivity index (χ1n) is 4.53. The Hall–Kier alpha value is -0.230. The maximum Gasteiger partial charge on any atom is 0.446 e. The molecule has 0 bridgehead atoms. The Labute approximate surface area is 104 Å². The van der Waals surface area contributed by atoms with Crippen molar-refractivity contribution in [1.29, 1.82) is 0 Å². The van der Waals surface area contributed by atoms with E-state index in [0.29, 0.717) is 18.2 Å². The number of hydrogen-bond donors (Lipinski definition) is 0.